The van der Waals surface area contributed by atoms with Gasteiger partial charge in [-0.25, -0.2) is 0 Å². The highest BCUT2D eigenvalue weighted by Crippen LogP contribution is 2.39. The third-order valence-corrected chi connectivity index (χ3v) is 6.06. The summed E-state index contributed by atoms with van der Waals surface area (Å²) in [4.78, 5) is 17.4. The Morgan fingerprint density at radius 2 is 1.79 bits per heavy atom. The minimum Gasteiger partial charge on any atom is -0.493 e. The first-order valence-corrected chi connectivity index (χ1v) is 10.4. The van der Waals surface area contributed by atoms with Crippen LogP contribution in [-0.4, -0.2) is 62.7 Å². The predicted octanol–water partition coefficient (Wildman–Crippen LogP) is 3.49. The van der Waals surface area contributed by atoms with Crippen molar-refractivity contribution in [1.82, 2.24) is 9.80 Å². The quantitative estimate of drug-likeness (QED) is 0.654. The van der Waals surface area contributed by atoms with E-state index in [0.717, 1.165) is 38.0 Å². The molecule has 2 aliphatic heterocycles. The van der Waals surface area contributed by atoms with Crippen LogP contribution in [0.25, 0.3) is 0 Å². The minimum absolute atomic E-state index is 0.248. The minimum atomic E-state index is 0.248. The number of methoxy groups -OCH3 is 3. The summed E-state index contributed by atoms with van der Waals surface area (Å²) in [5, 5.41) is 0. The number of hydrogen-bond donors (Lipinski definition) is 0. The molecule has 0 saturated carbocycles. The van der Waals surface area contributed by atoms with Gasteiger partial charge in [-0.2, -0.15) is 0 Å². The third-order valence-electron chi connectivity index (χ3n) is 6.06. The molecule has 160 valence electrons. The third kappa shape index (κ3) is 4.86. The Bertz CT molecular complexity index is 732. The molecule has 0 N–H and O–H groups in total. The van der Waals surface area contributed by atoms with Crippen molar-refractivity contribution in [3.63, 3.8) is 0 Å². The Morgan fingerprint density at radius 3 is 2.38 bits per heavy atom. The van der Waals surface area contributed by atoms with E-state index in [1.807, 2.05) is 12.1 Å². The van der Waals surface area contributed by atoms with Gasteiger partial charge in [0.2, 0.25) is 11.7 Å². The summed E-state index contributed by atoms with van der Waals surface area (Å²) in [5.41, 5.74) is 2.36. The summed E-state index contributed by atoms with van der Waals surface area (Å²) in [6, 6.07) is 4.20. The fourth-order valence-corrected chi connectivity index (χ4v) is 4.53. The number of benzene rings is 1. The molecule has 1 aromatic carbocycles. The van der Waals surface area contributed by atoms with E-state index in [-0.39, 0.29) is 5.91 Å². The number of likely N-dealkylation sites (tertiary alicyclic amines) is 2. The number of carbonyl (C=O) groups is 1. The summed E-state index contributed by atoms with van der Waals surface area (Å²) in [6.07, 6.45) is 4.93. The van der Waals surface area contributed by atoms with Crippen molar-refractivity contribution in [1.29, 1.82) is 0 Å². The van der Waals surface area contributed by atoms with Crippen LogP contribution in [0.4, 0.5) is 0 Å². The molecule has 0 spiro atoms. The van der Waals surface area contributed by atoms with Crippen LogP contribution in [0.5, 0.6) is 17.2 Å². The maximum absolute atomic E-state index is 12.8. The summed E-state index contributed by atoms with van der Waals surface area (Å²) in [7, 11) is 4.83. The van der Waals surface area contributed by atoms with Gasteiger partial charge in [-0.05, 0) is 50.3 Å². The second kappa shape index (κ2) is 9.53. The lowest BCUT2D eigenvalue weighted by Crippen LogP contribution is -2.55. The molecule has 2 saturated heterocycles. The summed E-state index contributed by atoms with van der Waals surface area (Å²) in [6.45, 7) is 7.96. The first-order valence-electron chi connectivity index (χ1n) is 10.4. The summed E-state index contributed by atoms with van der Waals surface area (Å²) >= 11 is 0. The van der Waals surface area contributed by atoms with Crippen molar-refractivity contribution >= 4 is 5.91 Å². The second-order valence-electron chi connectivity index (χ2n) is 8.25. The molecule has 6 nitrogen and oxygen atoms in total. The zero-order valence-corrected chi connectivity index (χ0v) is 18.4. The maximum Gasteiger partial charge on any atom is 0.223 e. The number of ether oxygens (including phenoxy) is 3. The fraction of sp³-hybridized carbons (Fsp3) is 0.609. The molecule has 29 heavy (non-hydrogen) atoms. The van der Waals surface area contributed by atoms with Crippen molar-refractivity contribution in [2.45, 2.75) is 45.7 Å². The van der Waals surface area contributed by atoms with E-state index >= 15 is 0 Å². The fourth-order valence-electron chi connectivity index (χ4n) is 4.53. The number of hydrogen-bond acceptors (Lipinski definition) is 5. The summed E-state index contributed by atoms with van der Waals surface area (Å²) < 4.78 is 16.4. The Hall–Kier alpha value is -2.21. The van der Waals surface area contributed by atoms with Crippen molar-refractivity contribution in [2.75, 3.05) is 41.0 Å². The molecule has 0 bridgehead atoms. The Balaban J connectivity index is 1.77. The van der Waals surface area contributed by atoms with Gasteiger partial charge in [0.15, 0.2) is 11.5 Å². The lowest BCUT2D eigenvalue weighted by Gasteiger charge is -2.47. The lowest BCUT2D eigenvalue weighted by molar-refractivity contribution is -0.141. The van der Waals surface area contributed by atoms with E-state index in [0.29, 0.717) is 42.2 Å². The van der Waals surface area contributed by atoms with Gasteiger partial charge in [0, 0.05) is 38.6 Å². The molecule has 6 heteroatoms. The molecule has 1 aromatic rings. The zero-order chi connectivity index (χ0) is 21.0. The highest BCUT2D eigenvalue weighted by atomic mass is 16.5. The molecule has 1 amide bonds. The number of piperidine rings is 2. The van der Waals surface area contributed by atoms with Crippen molar-refractivity contribution in [3.05, 3.63) is 29.3 Å². The van der Waals surface area contributed by atoms with Crippen LogP contribution in [0, 0.1) is 5.92 Å². The van der Waals surface area contributed by atoms with Crippen LogP contribution < -0.4 is 14.2 Å². The standard InChI is InChI=1S/C23H34N2O4/c1-16(2)8-10-24-11-9-19-18(15-24)6-7-22(26)25(19)14-17-12-20(27-3)23(29-5)21(13-17)28-4/h8,12-13,18-19H,6-7,9-11,14-15H2,1-5H3/t18-,19+/m1/s1. The predicted molar refractivity (Wildman–Crippen MR) is 114 cm³/mol. The van der Waals surface area contributed by atoms with E-state index in [9.17, 15) is 4.79 Å². The van der Waals surface area contributed by atoms with E-state index < -0.39 is 0 Å². The van der Waals surface area contributed by atoms with Gasteiger partial charge in [0.05, 0.1) is 21.3 Å². The average molecular weight is 403 g/mol. The number of allylic oxidation sites excluding steroid dienone is 1. The molecule has 0 radical (unpaired) electrons. The topological polar surface area (TPSA) is 51.2 Å². The van der Waals surface area contributed by atoms with Crippen molar-refractivity contribution in [3.8, 4) is 17.2 Å². The number of amides is 1. The van der Waals surface area contributed by atoms with Crippen LogP contribution >= 0.6 is 0 Å². The molecular weight excluding hydrogens is 368 g/mol. The van der Waals surface area contributed by atoms with E-state index in [1.54, 1.807) is 21.3 Å². The van der Waals surface area contributed by atoms with Crippen LogP contribution in [-0.2, 0) is 11.3 Å². The van der Waals surface area contributed by atoms with Gasteiger partial charge in [-0.3, -0.25) is 9.69 Å². The summed E-state index contributed by atoms with van der Waals surface area (Å²) in [5.74, 6) is 2.61. The maximum atomic E-state index is 12.8. The van der Waals surface area contributed by atoms with Gasteiger partial charge in [-0.1, -0.05) is 11.6 Å². The first-order chi connectivity index (χ1) is 14.0. The van der Waals surface area contributed by atoms with Crippen LogP contribution in [0.2, 0.25) is 0 Å². The first kappa shape index (κ1) is 21.5. The number of nitrogens with zero attached hydrogens (tertiary/aromatic N) is 2. The normalized spacial score (nSPS) is 22.1. The number of fused-ring (bicyclic) bond motifs is 1. The van der Waals surface area contributed by atoms with Gasteiger partial charge < -0.3 is 19.1 Å². The van der Waals surface area contributed by atoms with Crippen LogP contribution in [0.1, 0.15) is 38.7 Å². The molecule has 3 rings (SSSR count). The Kier molecular flexibility index (Phi) is 7.06. The second-order valence-corrected chi connectivity index (χ2v) is 8.25. The lowest BCUT2D eigenvalue weighted by atomic mass is 9.83. The molecule has 2 atom stereocenters. The van der Waals surface area contributed by atoms with E-state index in [2.05, 4.69) is 29.7 Å². The Morgan fingerprint density at radius 1 is 1.10 bits per heavy atom. The largest absolute Gasteiger partial charge is 0.493 e. The van der Waals surface area contributed by atoms with E-state index in [4.69, 9.17) is 14.2 Å². The van der Waals surface area contributed by atoms with Gasteiger partial charge in [0.25, 0.3) is 0 Å². The van der Waals surface area contributed by atoms with Crippen molar-refractivity contribution < 1.29 is 19.0 Å². The van der Waals surface area contributed by atoms with Gasteiger partial charge >= 0.3 is 0 Å². The SMILES string of the molecule is COc1cc(CN2C(=O)CC[C@@H]3CN(CC=C(C)C)CC[C@@H]32)cc(OC)c1OC. The Labute approximate surface area is 174 Å². The highest BCUT2D eigenvalue weighted by molar-refractivity contribution is 5.77. The van der Waals surface area contributed by atoms with Gasteiger partial charge in [0.1, 0.15) is 0 Å². The molecule has 0 aromatic heterocycles. The highest BCUT2D eigenvalue weighted by Gasteiger charge is 2.39. The van der Waals surface area contributed by atoms with Crippen LogP contribution in [0.3, 0.4) is 0 Å². The molecule has 0 aliphatic carbocycles. The smallest absolute Gasteiger partial charge is 0.223 e. The number of carbonyl (C=O) groups excluding carboxylic acids is 1. The average Bonchev–Trinajstić information content (AvgIpc) is 2.73. The van der Waals surface area contributed by atoms with Crippen molar-refractivity contribution in [2.24, 2.45) is 5.92 Å². The molecule has 2 heterocycles. The van der Waals surface area contributed by atoms with E-state index in [1.165, 1.54) is 5.57 Å². The monoisotopic (exact) mass is 402 g/mol. The van der Waals surface area contributed by atoms with Gasteiger partial charge in [-0.15, -0.1) is 0 Å². The molecule has 0 unspecified atom stereocenters. The molecule has 2 aliphatic rings. The molecular formula is C23H34N2O4. The molecule has 2 fully saturated rings. The zero-order valence-electron chi connectivity index (χ0n) is 18.4. The van der Waals surface area contributed by atoms with Crippen LogP contribution in [0.15, 0.2) is 23.8 Å². The number of rotatable bonds is 7.